The van der Waals surface area contributed by atoms with Gasteiger partial charge in [-0.25, -0.2) is 0 Å². The molecule has 2 heterocycles. The summed E-state index contributed by atoms with van der Waals surface area (Å²) in [5.41, 5.74) is 2.05. The fourth-order valence-corrected chi connectivity index (χ4v) is 1.85. The Morgan fingerprint density at radius 1 is 1.25 bits per heavy atom. The molecule has 20 heavy (non-hydrogen) atoms. The van der Waals surface area contributed by atoms with Gasteiger partial charge in [-0.15, -0.1) is 0 Å². The van der Waals surface area contributed by atoms with Crippen molar-refractivity contribution in [1.82, 2.24) is 15.3 Å². The third-order valence-corrected chi connectivity index (χ3v) is 2.92. The minimum atomic E-state index is 0.407. The van der Waals surface area contributed by atoms with E-state index in [9.17, 15) is 0 Å². The second-order valence-corrected chi connectivity index (χ2v) is 4.90. The minimum Gasteiger partial charge on any atom is -0.486 e. The van der Waals surface area contributed by atoms with Crippen molar-refractivity contribution in [2.45, 2.75) is 26.5 Å². The van der Waals surface area contributed by atoms with Gasteiger partial charge in [0.05, 0.1) is 16.9 Å². The molecule has 0 bridgehead atoms. The van der Waals surface area contributed by atoms with Gasteiger partial charge in [-0.05, 0) is 24.6 Å². The number of rotatable bonds is 7. The van der Waals surface area contributed by atoms with Crippen molar-refractivity contribution in [3.05, 3.63) is 53.1 Å². The summed E-state index contributed by atoms with van der Waals surface area (Å²) in [5, 5.41) is 3.90. The Hall–Kier alpha value is -1.65. The lowest BCUT2D eigenvalue weighted by atomic mass is 10.2. The summed E-state index contributed by atoms with van der Waals surface area (Å²) in [5.74, 6) is 0.646. The zero-order valence-corrected chi connectivity index (χ0v) is 12.2. The molecule has 0 fully saturated rings. The molecule has 0 spiro atoms. The number of nitrogens with zero attached hydrogens (tertiary/aromatic N) is 2. The van der Waals surface area contributed by atoms with E-state index >= 15 is 0 Å². The highest BCUT2D eigenvalue weighted by molar-refractivity contribution is 6.30. The highest BCUT2D eigenvalue weighted by Crippen LogP contribution is 2.16. The van der Waals surface area contributed by atoms with Crippen LogP contribution in [-0.4, -0.2) is 16.5 Å². The highest BCUT2D eigenvalue weighted by atomic mass is 35.5. The van der Waals surface area contributed by atoms with Crippen molar-refractivity contribution in [3.63, 3.8) is 0 Å². The molecule has 5 heteroatoms. The maximum absolute atomic E-state index is 5.84. The zero-order chi connectivity index (χ0) is 14.2. The maximum Gasteiger partial charge on any atom is 0.139 e. The van der Waals surface area contributed by atoms with Gasteiger partial charge in [0.25, 0.3) is 0 Å². The van der Waals surface area contributed by atoms with Crippen molar-refractivity contribution in [2.24, 2.45) is 0 Å². The molecule has 0 atom stereocenters. The van der Waals surface area contributed by atoms with Crippen molar-refractivity contribution >= 4 is 11.6 Å². The van der Waals surface area contributed by atoms with Gasteiger partial charge >= 0.3 is 0 Å². The second-order valence-electron chi connectivity index (χ2n) is 4.46. The topological polar surface area (TPSA) is 47.0 Å². The van der Waals surface area contributed by atoms with Crippen LogP contribution in [0.3, 0.4) is 0 Å². The summed E-state index contributed by atoms with van der Waals surface area (Å²) in [4.78, 5) is 8.34. The first-order chi connectivity index (χ1) is 9.78. The first-order valence-corrected chi connectivity index (χ1v) is 7.03. The van der Waals surface area contributed by atoms with E-state index in [2.05, 4.69) is 28.3 Å². The van der Waals surface area contributed by atoms with E-state index in [0.29, 0.717) is 17.4 Å². The summed E-state index contributed by atoms with van der Waals surface area (Å²) in [6, 6.07) is 5.77. The standard InChI is InChI=1S/C15H18ClN3O/c1-2-5-17-7-12-3-4-14(19-8-12)11-20-15-6-13(16)9-18-10-15/h3-4,6,8-10,17H,2,5,7,11H2,1H3. The van der Waals surface area contributed by atoms with Crippen molar-refractivity contribution in [2.75, 3.05) is 6.54 Å². The van der Waals surface area contributed by atoms with Crippen LogP contribution >= 0.6 is 11.6 Å². The average molecular weight is 292 g/mol. The fraction of sp³-hybridized carbons (Fsp3) is 0.333. The van der Waals surface area contributed by atoms with Gasteiger partial charge in [0.2, 0.25) is 0 Å². The number of nitrogens with one attached hydrogen (secondary N) is 1. The smallest absolute Gasteiger partial charge is 0.139 e. The van der Waals surface area contributed by atoms with Gasteiger partial charge in [-0.2, -0.15) is 0 Å². The molecule has 0 aromatic carbocycles. The van der Waals surface area contributed by atoms with E-state index in [1.807, 2.05) is 12.3 Å². The predicted octanol–water partition coefficient (Wildman–Crippen LogP) is 3.21. The molecule has 0 unspecified atom stereocenters. The lowest BCUT2D eigenvalue weighted by molar-refractivity contribution is 0.300. The van der Waals surface area contributed by atoms with Crippen molar-refractivity contribution < 1.29 is 4.74 Å². The summed E-state index contributed by atoms with van der Waals surface area (Å²) in [7, 11) is 0. The SMILES string of the molecule is CCCNCc1ccc(COc2cncc(Cl)c2)nc1. The summed E-state index contributed by atoms with van der Waals surface area (Å²) < 4.78 is 5.59. The van der Waals surface area contributed by atoms with E-state index < -0.39 is 0 Å². The lowest BCUT2D eigenvalue weighted by Crippen LogP contribution is -2.14. The molecule has 1 N–H and O–H groups in total. The lowest BCUT2D eigenvalue weighted by Gasteiger charge is -2.07. The third kappa shape index (κ3) is 4.79. The van der Waals surface area contributed by atoms with Crippen LogP contribution in [0, 0.1) is 0 Å². The van der Waals surface area contributed by atoms with E-state index in [1.165, 1.54) is 5.56 Å². The van der Waals surface area contributed by atoms with Crippen molar-refractivity contribution in [1.29, 1.82) is 0 Å². The Labute approximate surface area is 124 Å². The molecule has 0 aliphatic carbocycles. The maximum atomic E-state index is 5.84. The first-order valence-electron chi connectivity index (χ1n) is 6.66. The van der Waals surface area contributed by atoms with E-state index in [1.54, 1.807) is 18.5 Å². The van der Waals surface area contributed by atoms with Gasteiger partial charge in [0, 0.05) is 25.0 Å². The number of pyridine rings is 2. The Morgan fingerprint density at radius 2 is 2.15 bits per heavy atom. The van der Waals surface area contributed by atoms with Crippen LogP contribution in [-0.2, 0) is 13.2 Å². The molecule has 0 aliphatic heterocycles. The van der Waals surface area contributed by atoms with Crippen LogP contribution < -0.4 is 10.1 Å². The van der Waals surface area contributed by atoms with Crippen LogP contribution in [0.15, 0.2) is 36.8 Å². The Balaban J connectivity index is 1.84. The van der Waals surface area contributed by atoms with Gasteiger partial charge < -0.3 is 10.1 Å². The summed E-state index contributed by atoms with van der Waals surface area (Å²) in [6.07, 6.45) is 6.21. The zero-order valence-electron chi connectivity index (χ0n) is 11.5. The number of halogens is 1. The predicted molar refractivity (Wildman–Crippen MR) is 79.8 cm³/mol. The van der Waals surface area contributed by atoms with Gasteiger partial charge in [-0.3, -0.25) is 9.97 Å². The van der Waals surface area contributed by atoms with Gasteiger partial charge in [0.15, 0.2) is 0 Å². The minimum absolute atomic E-state index is 0.407. The molecular weight excluding hydrogens is 274 g/mol. The molecule has 106 valence electrons. The van der Waals surface area contributed by atoms with Crippen LogP contribution in [0.5, 0.6) is 5.75 Å². The third-order valence-electron chi connectivity index (χ3n) is 2.71. The monoisotopic (exact) mass is 291 g/mol. The molecule has 2 aromatic heterocycles. The van der Waals surface area contributed by atoms with Crippen LogP contribution in [0.1, 0.15) is 24.6 Å². The largest absolute Gasteiger partial charge is 0.486 e. The number of ether oxygens (including phenoxy) is 1. The highest BCUT2D eigenvalue weighted by Gasteiger charge is 2.00. The van der Waals surface area contributed by atoms with Crippen LogP contribution in [0.4, 0.5) is 0 Å². The normalized spacial score (nSPS) is 10.5. The molecule has 0 radical (unpaired) electrons. The Morgan fingerprint density at radius 3 is 2.85 bits per heavy atom. The van der Waals surface area contributed by atoms with E-state index in [-0.39, 0.29) is 0 Å². The molecule has 2 rings (SSSR count). The number of hydrogen-bond donors (Lipinski definition) is 1. The van der Waals surface area contributed by atoms with Gasteiger partial charge in [-0.1, -0.05) is 24.6 Å². The Kier molecular flexibility index (Phi) is 5.77. The van der Waals surface area contributed by atoms with Crippen LogP contribution in [0.25, 0.3) is 0 Å². The van der Waals surface area contributed by atoms with E-state index in [4.69, 9.17) is 16.3 Å². The number of aromatic nitrogens is 2. The molecule has 4 nitrogen and oxygen atoms in total. The summed E-state index contributed by atoms with van der Waals surface area (Å²) >= 11 is 5.84. The number of hydrogen-bond acceptors (Lipinski definition) is 4. The van der Waals surface area contributed by atoms with Crippen LogP contribution in [0.2, 0.25) is 5.02 Å². The average Bonchev–Trinajstić information content (AvgIpc) is 2.47. The van der Waals surface area contributed by atoms with Gasteiger partial charge in [0.1, 0.15) is 12.4 Å². The Bertz CT molecular complexity index is 531. The molecule has 0 saturated carbocycles. The molecule has 0 amide bonds. The molecule has 2 aromatic rings. The molecular formula is C15H18ClN3O. The first kappa shape index (κ1) is 14.8. The summed E-state index contributed by atoms with van der Waals surface area (Å²) in [6.45, 7) is 4.42. The molecule has 0 saturated heterocycles. The van der Waals surface area contributed by atoms with E-state index in [0.717, 1.165) is 25.2 Å². The molecule has 0 aliphatic rings. The fourth-order valence-electron chi connectivity index (χ4n) is 1.68. The second kappa shape index (κ2) is 7.82. The quantitative estimate of drug-likeness (QED) is 0.796. The van der Waals surface area contributed by atoms with Crippen molar-refractivity contribution in [3.8, 4) is 5.75 Å².